The Morgan fingerprint density at radius 1 is 1.20 bits per heavy atom. The minimum atomic E-state index is 0.695. The van der Waals surface area contributed by atoms with Crippen molar-refractivity contribution in [2.45, 2.75) is 44.8 Å². The van der Waals surface area contributed by atoms with Gasteiger partial charge in [-0.3, -0.25) is 4.90 Å². The van der Waals surface area contributed by atoms with Gasteiger partial charge in [0.05, 0.1) is 0 Å². The fourth-order valence-corrected chi connectivity index (χ4v) is 3.80. The van der Waals surface area contributed by atoms with E-state index in [9.17, 15) is 0 Å². The molecule has 1 N–H and O–H groups in total. The van der Waals surface area contributed by atoms with Gasteiger partial charge in [0.15, 0.2) is 0 Å². The van der Waals surface area contributed by atoms with Crippen LogP contribution in [0.3, 0.4) is 0 Å². The predicted molar refractivity (Wildman–Crippen MR) is 80.8 cm³/mol. The Bertz CT molecular complexity index is 618. The average molecular weight is 270 g/mol. The number of hydrogen-bond donors (Lipinski definition) is 1. The van der Waals surface area contributed by atoms with Gasteiger partial charge in [-0.1, -0.05) is 18.2 Å². The third-order valence-corrected chi connectivity index (χ3v) is 4.89. The van der Waals surface area contributed by atoms with Crippen molar-refractivity contribution in [2.24, 2.45) is 0 Å². The smallest absolute Gasteiger partial charge is 0.134 e. The first-order valence-electron chi connectivity index (χ1n) is 7.75. The number of rotatable bonds is 2. The van der Waals surface area contributed by atoms with E-state index in [-0.39, 0.29) is 0 Å². The molecule has 0 radical (unpaired) electrons. The van der Waals surface area contributed by atoms with Gasteiger partial charge >= 0.3 is 0 Å². The minimum Gasteiger partial charge on any atom is -0.461 e. The van der Waals surface area contributed by atoms with Crippen LogP contribution >= 0.6 is 0 Å². The maximum Gasteiger partial charge on any atom is 0.134 e. The van der Waals surface area contributed by atoms with Crippen LogP contribution in [-0.4, -0.2) is 30.1 Å². The maximum absolute atomic E-state index is 5.89. The Morgan fingerprint density at radius 2 is 2.05 bits per heavy atom. The zero-order chi connectivity index (χ0) is 13.5. The molecule has 0 saturated carbocycles. The van der Waals surface area contributed by atoms with Gasteiger partial charge in [-0.15, -0.1) is 0 Å². The molecule has 20 heavy (non-hydrogen) atoms. The van der Waals surface area contributed by atoms with Gasteiger partial charge in [0, 0.05) is 42.7 Å². The van der Waals surface area contributed by atoms with Crippen molar-refractivity contribution < 1.29 is 4.42 Å². The molecule has 2 aromatic rings. The molecule has 1 aromatic carbocycles. The maximum atomic E-state index is 5.89. The standard InChI is InChI=1S/C17H22N2O/c1-12-16(15-4-2-3-5-17(15)20-12)11-19-9-8-13-6-7-14(10-19)18-13/h2-5,13-14,18H,6-11H2,1H3. The van der Waals surface area contributed by atoms with Gasteiger partial charge in [-0.25, -0.2) is 0 Å². The molecule has 2 aliphatic rings. The highest BCUT2D eigenvalue weighted by atomic mass is 16.3. The lowest BCUT2D eigenvalue weighted by molar-refractivity contribution is 0.250. The molecule has 0 aliphatic carbocycles. The van der Waals surface area contributed by atoms with Crippen LogP contribution in [0.4, 0.5) is 0 Å². The number of nitrogens with one attached hydrogen (secondary N) is 1. The molecule has 2 fully saturated rings. The summed E-state index contributed by atoms with van der Waals surface area (Å²) in [5.41, 5.74) is 2.40. The lowest BCUT2D eigenvalue weighted by Gasteiger charge is -2.23. The molecule has 106 valence electrons. The molecule has 2 saturated heterocycles. The first kappa shape index (κ1) is 12.4. The Balaban J connectivity index is 1.59. The van der Waals surface area contributed by atoms with Crippen LogP contribution in [0.1, 0.15) is 30.6 Å². The van der Waals surface area contributed by atoms with Gasteiger partial charge in [0.2, 0.25) is 0 Å². The Morgan fingerprint density at radius 3 is 3.00 bits per heavy atom. The van der Waals surface area contributed by atoms with Crippen LogP contribution in [-0.2, 0) is 6.54 Å². The number of nitrogens with zero attached hydrogens (tertiary/aromatic N) is 1. The Hall–Kier alpha value is -1.32. The van der Waals surface area contributed by atoms with E-state index in [4.69, 9.17) is 4.42 Å². The van der Waals surface area contributed by atoms with Crippen molar-refractivity contribution >= 4 is 11.0 Å². The summed E-state index contributed by atoms with van der Waals surface area (Å²) in [7, 11) is 0. The van der Waals surface area contributed by atoms with Crippen molar-refractivity contribution in [1.82, 2.24) is 10.2 Å². The van der Waals surface area contributed by atoms with Crippen LogP contribution < -0.4 is 5.32 Å². The third kappa shape index (κ3) is 2.15. The molecule has 2 aliphatic heterocycles. The lowest BCUT2D eigenvalue weighted by atomic mass is 10.1. The molecule has 2 bridgehead atoms. The first-order valence-corrected chi connectivity index (χ1v) is 7.75. The van der Waals surface area contributed by atoms with Crippen LogP contribution in [0.5, 0.6) is 0 Å². The number of likely N-dealkylation sites (tertiary alicyclic amines) is 1. The number of furan rings is 1. The topological polar surface area (TPSA) is 28.4 Å². The molecule has 4 rings (SSSR count). The van der Waals surface area contributed by atoms with E-state index in [1.165, 1.54) is 43.3 Å². The molecular formula is C17H22N2O. The molecule has 3 heterocycles. The molecule has 3 nitrogen and oxygen atoms in total. The fraction of sp³-hybridized carbons (Fsp3) is 0.529. The summed E-state index contributed by atoms with van der Waals surface area (Å²) >= 11 is 0. The molecule has 2 unspecified atom stereocenters. The number of aryl methyl sites for hydroxylation is 1. The first-order chi connectivity index (χ1) is 9.79. The third-order valence-electron chi connectivity index (χ3n) is 4.89. The monoisotopic (exact) mass is 270 g/mol. The molecule has 2 atom stereocenters. The summed E-state index contributed by atoms with van der Waals surface area (Å²) in [6, 6.07) is 9.85. The van der Waals surface area contributed by atoms with Crippen LogP contribution in [0.2, 0.25) is 0 Å². The van der Waals surface area contributed by atoms with Crippen molar-refractivity contribution in [3.05, 3.63) is 35.6 Å². The molecule has 1 aromatic heterocycles. The zero-order valence-corrected chi connectivity index (χ0v) is 12.1. The number of fused-ring (bicyclic) bond motifs is 3. The largest absolute Gasteiger partial charge is 0.461 e. The summed E-state index contributed by atoms with van der Waals surface area (Å²) < 4.78 is 5.89. The van der Waals surface area contributed by atoms with E-state index >= 15 is 0 Å². The van der Waals surface area contributed by atoms with Crippen molar-refractivity contribution in [3.63, 3.8) is 0 Å². The van der Waals surface area contributed by atoms with Crippen LogP contribution in [0.15, 0.2) is 28.7 Å². The van der Waals surface area contributed by atoms with Gasteiger partial charge in [-0.2, -0.15) is 0 Å². The van der Waals surface area contributed by atoms with E-state index < -0.39 is 0 Å². The molecular weight excluding hydrogens is 248 g/mol. The quantitative estimate of drug-likeness (QED) is 0.909. The summed E-state index contributed by atoms with van der Waals surface area (Å²) in [5.74, 6) is 1.08. The predicted octanol–water partition coefficient (Wildman–Crippen LogP) is 3.07. The SMILES string of the molecule is Cc1oc2ccccc2c1CN1CCC2CCC(C1)N2. The highest BCUT2D eigenvalue weighted by Gasteiger charge is 2.29. The van der Waals surface area contributed by atoms with E-state index in [0.717, 1.165) is 23.9 Å². The summed E-state index contributed by atoms with van der Waals surface area (Å²) in [6.45, 7) is 5.49. The number of benzene rings is 1. The van der Waals surface area contributed by atoms with E-state index in [1.807, 2.05) is 6.07 Å². The Kier molecular flexibility index (Phi) is 3.04. The minimum absolute atomic E-state index is 0.695. The van der Waals surface area contributed by atoms with Crippen molar-refractivity contribution in [1.29, 1.82) is 0 Å². The second kappa shape index (κ2) is 4.90. The zero-order valence-electron chi connectivity index (χ0n) is 12.1. The Labute approximate surface area is 119 Å². The molecule has 3 heteroatoms. The summed E-state index contributed by atoms with van der Waals surface area (Å²) in [5, 5.41) is 5.03. The van der Waals surface area contributed by atoms with Crippen molar-refractivity contribution in [2.75, 3.05) is 13.1 Å². The number of hydrogen-bond acceptors (Lipinski definition) is 3. The number of para-hydroxylation sites is 1. The van der Waals surface area contributed by atoms with Crippen LogP contribution in [0.25, 0.3) is 11.0 Å². The second-order valence-electron chi connectivity index (χ2n) is 6.29. The highest BCUT2D eigenvalue weighted by molar-refractivity contribution is 5.82. The van der Waals surface area contributed by atoms with Crippen LogP contribution in [0, 0.1) is 6.92 Å². The van der Waals surface area contributed by atoms with E-state index in [2.05, 4.69) is 35.3 Å². The second-order valence-corrected chi connectivity index (χ2v) is 6.29. The highest BCUT2D eigenvalue weighted by Crippen LogP contribution is 2.28. The van der Waals surface area contributed by atoms with Crippen molar-refractivity contribution in [3.8, 4) is 0 Å². The fourth-order valence-electron chi connectivity index (χ4n) is 3.80. The average Bonchev–Trinajstić information content (AvgIpc) is 2.93. The van der Waals surface area contributed by atoms with Gasteiger partial charge in [0.1, 0.15) is 11.3 Å². The molecule has 0 spiro atoms. The lowest BCUT2D eigenvalue weighted by Crippen LogP contribution is -2.35. The van der Waals surface area contributed by atoms with E-state index in [1.54, 1.807) is 0 Å². The normalized spacial score (nSPS) is 27.1. The summed E-state index contributed by atoms with van der Waals surface area (Å²) in [6.07, 6.45) is 3.99. The van der Waals surface area contributed by atoms with Gasteiger partial charge in [0.25, 0.3) is 0 Å². The van der Waals surface area contributed by atoms with Gasteiger partial charge < -0.3 is 9.73 Å². The van der Waals surface area contributed by atoms with E-state index in [0.29, 0.717) is 6.04 Å². The molecule has 0 amide bonds. The van der Waals surface area contributed by atoms with Gasteiger partial charge in [-0.05, 0) is 32.3 Å². The summed E-state index contributed by atoms with van der Waals surface area (Å²) in [4.78, 5) is 2.60.